The maximum absolute atomic E-state index is 13.5. The summed E-state index contributed by atoms with van der Waals surface area (Å²) in [6.45, 7) is 5.77. The fraction of sp³-hybridized carbons (Fsp3) is 0.424. The quantitative estimate of drug-likeness (QED) is 0.227. The number of nitrogens with zero attached hydrogens (tertiary/aromatic N) is 2. The van der Waals surface area contributed by atoms with Crippen LogP contribution in [0.3, 0.4) is 0 Å². The highest BCUT2D eigenvalue weighted by Crippen LogP contribution is 2.38. The van der Waals surface area contributed by atoms with Crippen LogP contribution in [-0.4, -0.2) is 77.5 Å². The summed E-state index contributed by atoms with van der Waals surface area (Å²) in [4.78, 5) is 32.7. The number of aliphatic hydroxyl groups excluding tert-OH is 1. The lowest BCUT2D eigenvalue weighted by Gasteiger charge is -2.35. The molecule has 0 radical (unpaired) electrons. The summed E-state index contributed by atoms with van der Waals surface area (Å²) in [6, 6.07) is 14.6. The van der Waals surface area contributed by atoms with Crippen LogP contribution in [0.5, 0.6) is 11.5 Å². The molecule has 1 aliphatic rings. The Kier molecular flexibility index (Phi) is 10.7. The SMILES string of the molecule is CCOc1ccc(C)c(-c2ccc(C(=O)NC3(C(=O)O)CCC(O)CC3)nc2-c2ccc(Cl)c(OCCCN(C)C)c2)c1. The minimum Gasteiger partial charge on any atom is -0.494 e. The van der Waals surface area contributed by atoms with Crippen LogP contribution in [0.2, 0.25) is 5.02 Å². The zero-order valence-electron chi connectivity index (χ0n) is 25.2. The van der Waals surface area contributed by atoms with Gasteiger partial charge in [-0.1, -0.05) is 23.7 Å². The zero-order valence-corrected chi connectivity index (χ0v) is 25.9. The number of aliphatic carboxylic acids is 1. The van der Waals surface area contributed by atoms with Crippen molar-refractivity contribution in [2.24, 2.45) is 0 Å². The molecule has 1 heterocycles. The first-order chi connectivity index (χ1) is 20.5. The molecular weight excluding hydrogens is 570 g/mol. The molecular formula is C33H40ClN3O6. The molecule has 1 amide bonds. The van der Waals surface area contributed by atoms with Crippen LogP contribution in [0, 0.1) is 6.92 Å². The number of aliphatic hydroxyl groups is 1. The molecule has 0 aliphatic heterocycles. The first kappa shape index (κ1) is 32.3. The number of carboxylic acid groups (broad SMARTS) is 1. The highest BCUT2D eigenvalue weighted by atomic mass is 35.5. The molecule has 9 nitrogen and oxygen atoms in total. The number of nitrogens with one attached hydrogen (secondary N) is 1. The van der Waals surface area contributed by atoms with Gasteiger partial charge < -0.3 is 29.9 Å². The number of rotatable bonds is 12. The maximum atomic E-state index is 13.5. The average molecular weight is 610 g/mol. The summed E-state index contributed by atoms with van der Waals surface area (Å²) in [6.07, 6.45) is 1.10. The van der Waals surface area contributed by atoms with Gasteiger partial charge in [-0.05, 0) is 108 Å². The van der Waals surface area contributed by atoms with Crippen molar-refractivity contribution in [3.63, 3.8) is 0 Å². The number of aryl methyl sites for hydroxylation is 1. The molecule has 3 N–H and O–H groups in total. The maximum Gasteiger partial charge on any atom is 0.329 e. The molecule has 0 unspecified atom stereocenters. The zero-order chi connectivity index (χ0) is 31.1. The molecule has 4 rings (SSSR count). The number of halogens is 1. The Bertz CT molecular complexity index is 1450. The van der Waals surface area contributed by atoms with Gasteiger partial charge in [0, 0.05) is 17.7 Å². The molecule has 0 spiro atoms. The number of benzene rings is 2. The van der Waals surface area contributed by atoms with Crippen molar-refractivity contribution in [3.05, 3.63) is 64.8 Å². The van der Waals surface area contributed by atoms with Crippen LogP contribution >= 0.6 is 11.6 Å². The van der Waals surface area contributed by atoms with Gasteiger partial charge in [-0.2, -0.15) is 0 Å². The number of hydrogen-bond donors (Lipinski definition) is 3. The molecule has 10 heteroatoms. The second-order valence-electron chi connectivity index (χ2n) is 11.2. The van der Waals surface area contributed by atoms with Gasteiger partial charge >= 0.3 is 5.97 Å². The number of hydrogen-bond acceptors (Lipinski definition) is 7. The Labute approximate surface area is 257 Å². The Morgan fingerprint density at radius 2 is 1.81 bits per heavy atom. The van der Waals surface area contributed by atoms with Crippen molar-refractivity contribution < 1.29 is 29.3 Å². The lowest BCUT2D eigenvalue weighted by atomic mass is 9.80. The van der Waals surface area contributed by atoms with E-state index >= 15 is 0 Å². The normalized spacial score (nSPS) is 18.3. The van der Waals surface area contributed by atoms with Crippen molar-refractivity contribution in [3.8, 4) is 33.9 Å². The number of carbonyl (C=O) groups excluding carboxylic acids is 1. The van der Waals surface area contributed by atoms with Gasteiger partial charge in [0.15, 0.2) is 0 Å². The molecule has 1 aromatic heterocycles. The van der Waals surface area contributed by atoms with Gasteiger partial charge in [0.2, 0.25) is 0 Å². The topological polar surface area (TPSA) is 121 Å². The van der Waals surface area contributed by atoms with Gasteiger partial charge in [-0.3, -0.25) is 4.79 Å². The Hall–Kier alpha value is -3.66. The molecule has 1 aliphatic carbocycles. The monoisotopic (exact) mass is 609 g/mol. The molecule has 3 aromatic rings. The number of carbonyl (C=O) groups is 2. The minimum absolute atomic E-state index is 0.0764. The standard InChI is InChI=1S/C33H40ClN3O6/c1-5-42-24-9-7-21(2)26(20-24)25-10-12-28(31(39)36-33(32(40)41)15-13-23(38)14-16-33)35-30(25)22-8-11-27(34)29(19-22)43-18-6-17-37(3)4/h7-12,19-20,23,38H,5-6,13-18H2,1-4H3,(H,36,39)(H,40,41). The number of carboxylic acids is 1. The minimum atomic E-state index is -1.47. The summed E-state index contributed by atoms with van der Waals surface area (Å²) >= 11 is 6.50. The first-order valence-electron chi connectivity index (χ1n) is 14.6. The van der Waals surface area contributed by atoms with Crippen LogP contribution in [0.4, 0.5) is 0 Å². The Morgan fingerprint density at radius 3 is 2.49 bits per heavy atom. The third-order valence-electron chi connectivity index (χ3n) is 7.72. The van der Waals surface area contributed by atoms with E-state index in [0.717, 1.165) is 29.7 Å². The molecule has 0 saturated heterocycles. The van der Waals surface area contributed by atoms with Crippen molar-refractivity contribution in [1.29, 1.82) is 0 Å². The molecule has 230 valence electrons. The van der Waals surface area contributed by atoms with Crippen LogP contribution in [0.1, 0.15) is 55.1 Å². The smallest absolute Gasteiger partial charge is 0.329 e. The van der Waals surface area contributed by atoms with Crippen molar-refractivity contribution in [2.75, 3.05) is 33.9 Å². The number of pyridine rings is 1. The summed E-state index contributed by atoms with van der Waals surface area (Å²) in [5.74, 6) is -0.507. The van der Waals surface area contributed by atoms with Crippen molar-refractivity contribution >= 4 is 23.5 Å². The Morgan fingerprint density at radius 1 is 1.07 bits per heavy atom. The lowest BCUT2D eigenvalue weighted by Crippen LogP contribution is -2.57. The number of aromatic nitrogens is 1. The van der Waals surface area contributed by atoms with Gasteiger partial charge in [-0.15, -0.1) is 0 Å². The molecule has 1 fully saturated rings. The molecule has 2 aromatic carbocycles. The van der Waals surface area contributed by atoms with Crippen molar-refractivity contribution in [2.45, 2.75) is 57.6 Å². The van der Waals surface area contributed by atoms with E-state index in [0.29, 0.717) is 53.8 Å². The van der Waals surface area contributed by atoms with Gasteiger partial charge in [0.05, 0.1) is 30.0 Å². The van der Waals surface area contributed by atoms with E-state index in [1.807, 2.05) is 64.3 Å². The summed E-state index contributed by atoms with van der Waals surface area (Å²) < 4.78 is 11.8. The molecule has 43 heavy (non-hydrogen) atoms. The van der Waals surface area contributed by atoms with E-state index in [1.165, 1.54) is 0 Å². The van der Waals surface area contributed by atoms with E-state index in [-0.39, 0.29) is 18.5 Å². The fourth-order valence-corrected chi connectivity index (χ4v) is 5.44. The summed E-state index contributed by atoms with van der Waals surface area (Å²) in [7, 11) is 4.00. The summed E-state index contributed by atoms with van der Waals surface area (Å²) in [5, 5.41) is 23.1. The lowest BCUT2D eigenvalue weighted by molar-refractivity contribution is -0.146. The molecule has 0 atom stereocenters. The third-order valence-corrected chi connectivity index (χ3v) is 8.03. The first-order valence-corrected chi connectivity index (χ1v) is 15.0. The number of amides is 1. The second-order valence-corrected chi connectivity index (χ2v) is 11.6. The highest BCUT2D eigenvalue weighted by Gasteiger charge is 2.43. The van der Waals surface area contributed by atoms with E-state index in [9.17, 15) is 19.8 Å². The molecule has 1 saturated carbocycles. The van der Waals surface area contributed by atoms with E-state index < -0.39 is 23.5 Å². The highest BCUT2D eigenvalue weighted by molar-refractivity contribution is 6.32. The second kappa shape index (κ2) is 14.2. The van der Waals surface area contributed by atoms with E-state index in [1.54, 1.807) is 12.1 Å². The van der Waals surface area contributed by atoms with Gasteiger partial charge in [0.25, 0.3) is 5.91 Å². The van der Waals surface area contributed by atoms with Gasteiger partial charge in [-0.25, -0.2) is 9.78 Å². The van der Waals surface area contributed by atoms with E-state index in [4.69, 9.17) is 26.1 Å². The van der Waals surface area contributed by atoms with Crippen LogP contribution < -0.4 is 14.8 Å². The molecule has 0 bridgehead atoms. The fourth-order valence-electron chi connectivity index (χ4n) is 5.26. The third kappa shape index (κ3) is 7.84. The summed E-state index contributed by atoms with van der Waals surface area (Å²) in [5.41, 5.74) is 2.45. The largest absolute Gasteiger partial charge is 0.494 e. The predicted octanol–water partition coefficient (Wildman–Crippen LogP) is 5.59. The van der Waals surface area contributed by atoms with Crippen LogP contribution in [0.15, 0.2) is 48.5 Å². The van der Waals surface area contributed by atoms with Crippen LogP contribution in [-0.2, 0) is 4.79 Å². The predicted molar refractivity (Wildman–Crippen MR) is 167 cm³/mol. The number of ether oxygens (including phenoxy) is 2. The Balaban J connectivity index is 1.76. The van der Waals surface area contributed by atoms with Gasteiger partial charge in [0.1, 0.15) is 22.7 Å². The average Bonchev–Trinajstić information content (AvgIpc) is 2.98. The van der Waals surface area contributed by atoms with Crippen molar-refractivity contribution in [1.82, 2.24) is 15.2 Å². The van der Waals surface area contributed by atoms with E-state index in [2.05, 4.69) is 10.2 Å². The van der Waals surface area contributed by atoms with Crippen LogP contribution in [0.25, 0.3) is 22.4 Å².